The number of thiol groups is 1. The lowest BCUT2D eigenvalue weighted by molar-refractivity contribution is 0.196. The maximum absolute atomic E-state index is 4.58. The van der Waals surface area contributed by atoms with Crippen molar-refractivity contribution in [3.05, 3.63) is 34.3 Å². The molecule has 0 N–H and O–H groups in total. The average Bonchev–Trinajstić information content (AvgIpc) is 2.78. The molecule has 0 bridgehead atoms. The van der Waals surface area contributed by atoms with Gasteiger partial charge in [-0.3, -0.25) is 0 Å². The summed E-state index contributed by atoms with van der Waals surface area (Å²) < 4.78 is 1.16. The zero-order valence-corrected chi connectivity index (χ0v) is 13.5. The van der Waals surface area contributed by atoms with Gasteiger partial charge in [-0.2, -0.15) is 12.6 Å². The van der Waals surface area contributed by atoms with E-state index in [1.54, 1.807) is 0 Å². The lowest BCUT2D eigenvalue weighted by Crippen LogP contribution is -2.34. The summed E-state index contributed by atoms with van der Waals surface area (Å²) in [7, 11) is 2.23. The average molecular weight is 328 g/mol. The highest BCUT2D eigenvalue weighted by Gasteiger charge is 2.33. The Morgan fingerprint density at radius 2 is 2.06 bits per heavy atom. The molecule has 0 amide bonds. The van der Waals surface area contributed by atoms with E-state index in [2.05, 4.69) is 64.8 Å². The summed E-state index contributed by atoms with van der Waals surface area (Å²) in [6.45, 7) is 2.19. The Labute approximate surface area is 124 Å². The van der Waals surface area contributed by atoms with E-state index in [9.17, 15) is 0 Å². The highest BCUT2D eigenvalue weighted by Crippen LogP contribution is 2.39. The summed E-state index contributed by atoms with van der Waals surface area (Å²) in [4.78, 5) is 2.45. The van der Waals surface area contributed by atoms with Crippen LogP contribution in [0.3, 0.4) is 0 Å². The van der Waals surface area contributed by atoms with E-state index in [0.717, 1.165) is 16.8 Å². The SMILES string of the molecule is CN(Cc1cccc(Br)c1)CC1(CS)CCCC1. The van der Waals surface area contributed by atoms with E-state index in [0.29, 0.717) is 5.41 Å². The van der Waals surface area contributed by atoms with Crippen LogP contribution in [0.4, 0.5) is 0 Å². The molecule has 0 unspecified atom stereocenters. The van der Waals surface area contributed by atoms with Crippen LogP contribution >= 0.6 is 28.6 Å². The standard InChI is InChI=1S/C15H22BrNS/c1-17(10-13-5-4-6-14(16)9-13)11-15(12-18)7-2-3-8-15/h4-6,9,18H,2-3,7-8,10-12H2,1H3. The molecular formula is C15H22BrNS. The van der Waals surface area contributed by atoms with Gasteiger partial charge in [-0.15, -0.1) is 0 Å². The van der Waals surface area contributed by atoms with Crippen LogP contribution in [0.25, 0.3) is 0 Å². The minimum absolute atomic E-state index is 0.462. The minimum Gasteiger partial charge on any atom is -0.302 e. The smallest absolute Gasteiger partial charge is 0.0231 e. The molecule has 0 saturated heterocycles. The summed E-state index contributed by atoms with van der Waals surface area (Å²) in [6.07, 6.45) is 5.45. The van der Waals surface area contributed by atoms with Crippen molar-refractivity contribution in [1.29, 1.82) is 0 Å². The first-order valence-corrected chi connectivity index (χ1v) is 8.10. The molecule has 0 aromatic heterocycles. The lowest BCUT2D eigenvalue weighted by atomic mass is 9.88. The number of nitrogens with zero attached hydrogens (tertiary/aromatic N) is 1. The van der Waals surface area contributed by atoms with Crippen molar-refractivity contribution >= 4 is 28.6 Å². The molecule has 1 fully saturated rings. The first-order chi connectivity index (χ1) is 8.63. The Bertz CT molecular complexity index is 388. The number of rotatable bonds is 5. The molecule has 0 aliphatic heterocycles. The molecule has 1 saturated carbocycles. The molecule has 1 aliphatic rings. The van der Waals surface area contributed by atoms with Gasteiger partial charge in [0.25, 0.3) is 0 Å². The van der Waals surface area contributed by atoms with E-state index in [1.165, 1.54) is 37.8 Å². The summed E-state index contributed by atoms with van der Waals surface area (Å²) in [5.74, 6) is 1.02. The molecule has 0 heterocycles. The third-order valence-corrected chi connectivity index (χ3v) is 5.11. The Kier molecular flexibility index (Phi) is 5.16. The molecule has 100 valence electrons. The Morgan fingerprint density at radius 3 is 2.67 bits per heavy atom. The van der Waals surface area contributed by atoms with Crippen LogP contribution in [0.2, 0.25) is 0 Å². The topological polar surface area (TPSA) is 3.24 Å². The lowest BCUT2D eigenvalue weighted by Gasteiger charge is -2.32. The van der Waals surface area contributed by atoms with Crippen molar-refractivity contribution in [2.24, 2.45) is 5.41 Å². The van der Waals surface area contributed by atoms with Gasteiger partial charge >= 0.3 is 0 Å². The Morgan fingerprint density at radius 1 is 1.33 bits per heavy atom. The van der Waals surface area contributed by atoms with Crippen LogP contribution in [0, 0.1) is 5.41 Å². The van der Waals surface area contributed by atoms with Gasteiger partial charge in [0.2, 0.25) is 0 Å². The van der Waals surface area contributed by atoms with Crippen LogP contribution in [0.5, 0.6) is 0 Å². The maximum atomic E-state index is 4.58. The van der Waals surface area contributed by atoms with Crippen LogP contribution in [-0.4, -0.2) is 24.2 Å². The maximum Gasteiger partial charge on any atom is 0.0231 e. The fourth-order valence-electron chi connectivity index (χ4n) is 3.07. The zero-order valence-electron chi connectivity index (χ0n) is 11.0. The Hall–Kier alpha value is 0.01000. The molecule has 1 aromatic carbocycles. The third-order valence-electron chi connectivity index (χ3n) is 3.95. The second kappa shape index (κ2) is 6.44. The zero-order chi connectivity index (χ0) is 13.0. The molecular weight excluding hydrogens is 306 g/mol. The molecule has 0 atom stereocenters. The van der Waals surface area contributed by atoms with Gasteiger partial charge in [0, 0.05) is 17.6 Å². The number of benzene rings is 1. The van der Waals surface area contributed by atoms with Crippen molar-refractivity contribution in [2.45, 2.75) is 32.2 Å². The summed E-state index contributed by atoms with van der Waals surface area (Å²) >= 11 is 8.12. The summed E-state index contributed by atoms with van der Waals surface area (Å²) in [5.41, 5.74) is 1.84. The number of hydrogen-bond donors (Lipinski definition) is 1. The number of hydrogen-bond acceptors (Lipinski definition) is 2. The predicted molar refractivity (Wildman–Crippen MR) is 85.2 cm³/mol. The highest BCUT2D eigenvalue weighted by atomic mass is 79.9. The van der Waals surface area contributed by atoms with Crippen molar-refractivity contribution in [3.8, 4) is 0 Å². The molecule has 1 aromatic rings. The first-order valence-electron chi connectivity index (χ1n) is 6.67. The Balaban J connectivity index is 1.93. The van der Waals surface area contributed by atoms with Gasteiger partial charge in [0.1, 0.15) is 0 Å². The highest BCUT2D eigenvalue weighted by molar-refractivity contribution is 9.10. The molecule has 2 rings (SSSR count). The van der Waals surface area contributed by atoms with Crippen molar-refractivity contribution in [3.63, 3.8) is 0 Å². The second-order valence-corrected chi connectivity index (χ2v) is 6.90. The molecule has 1 nitrogen and oxygen atoms in total. The van der Waals surface area contributed by atoms with E-state index < -0.39 is 0 Å². The van der Waals surface area contributed by atoms with Crippen LogP contribution in [0.1, 0.15) is 31.2 Å². The van der Waals surface area contributed by atoms with E-state index in [-0.39, 0.29) is 0 Å². The minimum atomic E-state index is 0.462. The second-order valence-electron chi connectivity index (χ2n) is 5.67. The van der Waals surface area contributed by atoms with Gasteiger partial charge in [-0.1, -0.05) is 40.9 Å². The normalized spacial score (nSPS) is 18.4. The molecule has 18 heavy (non-hydrogen) atoms. The van der Waals surface area contributed by atoms with Gasteiger partial charge in [-0.25, -0.2) is 0 Å². The molecule has 0 spiro atoms. The summed E-state index contributed by atoms with van der Waals surface area (Å²) in [6, 6.07) is 8.59. The van der Waals surface area contributed by atoms with E-state index in [1.807, 2.05) is 0 Å². The molecule has 1 aliphatic carbocycles. The van der Waals surface area contributed by atoms with Gasteiger partial charge in [0.15, 0.2) is 0 Å². The van der Waals surface area contributed by atoms with E-state index >= 15 is 0 Å². The van der Waals surface area contributed by atoms with Crippen LogP contribution < -0.4 is 0 Å². The number of halogens is 1. The van der Waals surface area contributed by atoms with Crippen LogP contribution in [0.15, 0.2) is 28.7 Å². The third kappa shape index (κ3) is 3.75. The monoisotopic (exact) mass is 327 g/mol. The van der Waals surface area contributed by atoms with Crippen LogP contribution in [-0.2, 0) is 6.54 Å². The first kappa shape index (κ1) is 14.4. The fourth-order valence-corrected chi connectivity index (χ4v) is 3.93. The van der Waals surface area contributed by atoms with Crippen molar-refractivity contribution < 1.29 is 0 Å². The quantitative estimate of drug-likeness (QED) is 0.786. The van der Waals surface area contributed by atoms with Crippen molar-refractivity contribution in [1.82, 2.24) is 4.90 Å². The van der Waals surface area contributed by atoms with Gasteiger partial charge < -0.3 is 4.90 Å². The fraction of sp³-hybridized carbons (Fsp3) is 0.600. The summed E-state index contributed by atoms with van der Waals surface area (Å²) in [5, 5.41) is 0. The molecule has 0 radical (unpaired) electrons. The van der Waals surface area contributed by atoms with E-state index in [4.69, 9.17) is 0 Å². The van der Waals surface area contributed by atoms with Gasteiger partial charge in [-0.05, 0) is 48.8 Å². The van der Waals surface area contributed by atoms with Gasteiger partial charge in [0.05, 0.1) is 0 Å². The van der Waals surface area contributed by atoms with Crippen molar-refractivity contribution in [2.75, 3.05) is 19.3 Å². The predicted octanol–water partition coefficient (Wildman–Crippen LogP) is 4.37. The largest absolute Gasteiger partial charge is 0.302 e. The molecule has 3 heteroatoms.